The first-order valence-corrected chi connectivity index (χ1v) is 23.6. The minimum absolute atomic E-state index is 0. The summed E-state index contributed by atoms with van der Waals surface area (Å²) in [5, 5.41) is 36.3. The zero-order valence-electron chi connectivity index (χ0n) is 44.0. The molecule has 0 aliphatic carbocycles. The number of nitrogens with zero attached hydrogens (tertiary/aromatic N) is 2. The smallest absolute Gasteiger partial charge is 2.00 e. The van der Waals surface area contributed by atoms with E-state index in [1.807, 2.05) is 178 Å². The molecule has 0 atom stereocenters. The molecule has 0 aliphatic rings. The quantitative estimate of drug-likeness (QED) is 0.103. The van der Waals surface area contributed by atoms with Gasteiger partial charge in [-0.25, -0.2) is 0 Å². The Morgan fingerprint density at radius 1 is 0.467 bits per heavy atom. The van der Waals surface area contributed by atoms with Gasteiger partial charge in [0.15, 0.2) is 0 Å². The van der Waals surface area contributed by atoms with E-state index in [0.29, 0.717) is 11.1 Å². The van der Waals surface area contributed by atoms with Crippen LogP contribution in [-0.2, 0) is 58.9 Å². The van der Waals surface area contributed by atoms with Crippen LogP contribution >= 0.6 is 0 Å². The van der Waals surface area contributed by atoms with Gasteiger partial charge in [-0.1, -0.05) is 221 Å². The second-order valence-corrected chi connectivity index (χ2v) is 18.1. The Morgan fingerprint density at radius 2 is 0.760 bits per heavy atom. The van der Waals surface area contributed by atoms with Crippen molar-refractivity contribution in [3.05, 3.63) is 226 Å². The van der Waals surface area contributed by atoms with Crippen LogP contribution in [0.2, 0.25) is 0 Å². The van der Waals surface area contributed by atoms with Gasteiger partial charge in [0.25, 0.3) is 0 Å². The Morgan fingerprint density at radius 3 is 1.08 bits per heavy atom. The number of para-hydroxylation sites is 4. The van der Waals surface area contributed by atoms with Crippen molar-refractivity contribution >= 4 is 23.8 Å². The molecule has 384 valence electrons. The summed E-state index contributed by atoms with van der Waals surface area (Å²) in [6, 6.07) is 59.6. The van der Waals surface area contributed by atoms with E-state index in [4.69, 9.17) is 19.5 Å². The molecule has 0 fully saturated rings. The van der Waals surface area contributed by atoms with Gasteiger partial charge >= 0.3 is 37.1 Å². The molecule has 8 aromatic rings. The Bertz CT molecular complexity index is 2850. The Kier molecular flexibility index (Phi) is 27.6. The van der Waals surface area contributed by atoms with Crippen LogP contribution < -0.4 is 24.8 Å². The third-order valence-electron chi connectivity index (χ3n) is 12.4. The van der Waals surface area contributed by atoms with Crippen LogP contribution in [0.25, 0.3) is 22.3 Å². The molecular weight excluding hydrogens is 1010 g/mol. The zero-order chi connectivity index (χ0) is 50.3. The average Bonchev–Trinajstić information content (AvgIpc) is 3.39. The summed E-state index contributed by atoms with van der Waals surface area (Å²) in [6.07, 6.45) is 4.14. The fourth-order valence-corrected chi connectivity index (χ4v) is 8.38. The van der Waals surface area contributed by atoms with Crippen molar-refractivity contribution in [3.8, 4) is 45.3 Å². The van der Waals surface area contributed by atoms with Crippen LogP contribution in [0, 0.1) is 13.8 Å². The first kappa shape index (κ1) is 66.3. The molecule has 0 spiro atoms. The summed E-state index contributed by atoms with van der Waals surface area (Å²) in [6.45, 7) is 14.3. The minimum atomic E-state index is -0.414. The van der Waals surface area contributed by atoms with E-state index in [2.05, 4.69) is 52.0 Å². The molecule has 0 bridgehead atoms. The number of aliphatic imine (C=N–C) groups is 2. The molecular formula is C63H64N2O8V2. The molecule has 0 aromatic heterocycles. The van der Waals surface area contributed by atoms with E-state index >= 15 is 0 Å². The fourth-order valence-electron chi connectivity index (χ4n) is 8.38. The maximum absolute atomic E-state index is 13.5. The predicted molar refractivity (Wildman–Crippen MR) is 288 cm³/mol. The zero-order valence-corrected chi connectivity index (χ0v) is 46.8. The summed E-state index contributed by atoms with van der Waals surface area (Å²) < 4.78 is 11.1. The second kappa shape index (κ2) is 31.3. The van der Waals surface area contributed by atoms with Crippen LogP contribution in [0.4, 0.5) is 11.4 Å². The van der Waals surface area contributed by atoms with Crippen molar-refractivity contribution in [1.29, 1.82) is 0 Å². The molecule has 2 radical (unpaired) electrons. The van der Waals surface area contributed by atoms with Gasteiger partial charge in [-0.15, -0.1) is 6.61 Å². The van der Waals surface area contributed by atoms with Gasteiger partial charge in [0.05, 0.1) is 25.6 Å². The van der Waals surface area contributed by atoms with E-state index in [9.17, 15) is 15.3 Å². The van der Waals surface area contributed by atoms with Gasteiger partial charge in [-0.2, -0.15) is 0 Å². The largest absolute Gasteiger partial charge is 4.00 e. The van der Waals surface area contributed by atoms with Crippen molar-refractivity contribution in [3.63, 3.8) is 0 Å². The molecule has 0 heterocycles. The van der Waals surface area contributed by atoms with Crippen molar-refractivity contribution in [2.24, 2.45) is 9.98 Å². The van der Waals surface area contributed by atoms with Crippen LogP contribution in [0.5, 0.6) is 23.0 Å². The van der Waals surface area contributed by atoms with E-state index < -0.39 is 10.8 Å². The summed E-state index contributed by atoms with van der Waals surface area (Å²) >= 11 is 0. The van der Waals surface area contributed by atoms with Gasteiger partial charge in [-0.3, -0.25) is 9.98 Å². The van der Waals surface area contributed by atoms with Crippen LogP contribution in [-0.4, -0.2) is 38.7 Å². The first-order valence-electron chi connectivity index (χ1n) is 23.6. The van der Waals surface area contributed by atoms with Gasteiger partial charge in [0.1, 0.15) is 11.5 Å². The molecule has 0 amide bonds. The Balaban J connectivity index is 0.000000659. The molecule has 8 aromatic carbocycles. The topological polar surface area (TPSA) is 199 Å². The molecule has 8 rings (SSSR count). The normalized spacial score (nSPS) is 10.6. The minimum Gasteiger partial charge on any atom is -2.00 e. The monoisotopic (exact) mass is 1080 g/mol. The maximum Gasteiger partial charge on any atom is 4.00 e. The number of rotatable bonds is 13. The first-order chi connectivity index (χ1) is 33.7. The van der Waals surface area contributed by atoms with E-state index in [0.717, 1.165) is 84.9 Å². The van der Waals surface area contributed by atoms with Crippen LogP contribution in [0.3, 0.4) is 0 Å². The molecule has 0 saturated heterocycles. The van der Waals surface area contributed by atoms with Gasteiger partial charge in [0, 0.05) is 45.5 Å². The molecule has 0 aliphatic heterocycles. The fraction of sp³-hybridized carbons (Fsp3) is 0.206. The number of hydrogen-bond donors (Lipinski definition) is 0. The number of benzene rings is 8. The number of ether oxygens (including phenoxy) is 2. The van der Waals surface area contributed by atoms with Crippen molar-refractivity contribution in [2.75, 3.05) is 20.8 Å². The van der Waals surface area contributed by atoms with Crippen molar-refractivity contribution < 1.29 is 78.3 Å². The van der Waals surface area contributed by atoms with Crippen molar-refractivity contribution in [2.45, 2.75) is 65.7 Å². The van der Waals surface area contributed by atoms with Crippen LogP contribution in [0.1, 0.15) is 85.5 Å². The maximum atomic E-state index is 13.5. The molecule has 0 saturated carbocycles. The second-order valence-electron chi connectivity index (χ2n) is 18.1. The van der Waals surface area contributed by atoms with Gasteiger partial charge < -0.3 is 41.2 Å². The third kappa shape index (κ3) is 16.4. The summed E-state index contributed by atoms with van der Waals surface area (Å²) in [5.41, 5.74) is 11.6. The Labute approximate surface area is 467 Å². The van der Waals surface area contributed by atoms with Crippen molar-refractivity contribution in [1.82, 2.24) is 0 Å². The van der Waals surface area contributed by atoms with Gasteiger partial charge in [-0.05, 0) is 71.5 Å². The summed E-state index contributed by atoms with van der Waals surface area (Å²) in [4.78, 5) is 9.49. The molecule has 75 heavy (non-hydrogen) atoms. The average molecular weight is 1080 g/mol. The summed E-state index contributed by atoms with van der Waals surface area (Å²) in [5.74, 6) is 1.58. The van der Waals surface area contributed by atoms with E-state index in [-0.39, 0.29) is 71.6 Å². The predicted octanol–water partition coefficient (Wildman–Crippen LogP) is 13.0. The Hall–Kier alpha value is -6.69. The number of hydrogen-bond acceptors (Lipinski definition) is 8. The SMILES string of the molecule is CCC[O-].COc1ccccc1-c1ccccc1N=Cc1cc(C)cc(C(C)(C)c2ccccc2)c1[O-].COc1ccccc1-c1ccccc1N=Cc1cc(C)cc(C(C)(C)c2ccccc2)c1[O-].[O-2].[O-2].[OH-].[V+4].[V+4]. The standard InChI is InChI=1S/2C30H29NO2.C3H7O.H2O.2O.2V/c2*1-21-18-22(29(32)26(19-21)30(2,3)23-12-6-5-7-13-23)20-31-27-16-10-8-14-24(27)25-15-9-11-17-28(25)33-4;1-2-3-4;;;;;/h2*5-20,32H,1-4H3;2-3H2,1H3;1H2;;;;/q;;-1;;2*-2;2*+4/p-3. The molecule has 1 N–H and O–H groups in total. The molecule has 10 nitrogen and oxygen atoms in total. The van der Waals surface area contributed by atoms with Crippen LogP contribution in [0.15, 0.2) is 192 Å². The summed E-state index contributed by atoms with van der Waals surface area (Å²) in [7, 11) is 3.33. The van der Waals surface area contributed by atoms with E-state index in [1.165, 1.54) is 0 Å². The van der Waals surface area contributed by atoms with Gasteiger partial charge in [0.2, 0.25) is 0 Å². The number of aryl methyl sites for hydroxylation is 2. The molecule has 12 heteroatoms. The number of methoxy groups -OCH3 is 2. The van der Waals surface area contributed by atoms with E-state index in [1.54, 1.807) is 26.6 Å². The third-order valence-corrected chi connectivity index (χ3v) is 12.4. The molecule has 0 unspecified atom stereocenters.